The summed E-state index contributed by atoms with van der Waals surface area (Å²) >= 11 is 12.7. The van der Waals surface area contributed by atoms with Crippen molar-refractivity contribution in [3.63, 3.8) is 0 Å². The fourth-order valence-electron chi connectivity index (χ4n) is 3.06. The van der Waals surface area contributed by atoms with Crippen LogP contribution in [0.5, 0.6) is 0 Å². The second-order valence-electron chi connectivity index (χ2n) is 5.48. The molecular weight excluding hydrogens is 279 g/mol. The quantitative estimate of drug-likeness (QED) is 0.910. The topological polar surface area (TPSA) is 29.3 Å². The number of benzene rings is 1. The Hall–Kier alpha value is -0.280. The summed E-state index contributed by atoms with van der Waals surface area (Å²) in [6.45, 7) is 6.19. The van der Waals surface area contributed by atoms with Crippen molar-refractivity contribution in [1.82, 2.24) is 4.90 Å². The molecule has 4 heteroatoms. The summed E-state index contributed by atoms with van der Waals surface area (Å²) in [6, 6.07) is 6.28. The van der Waals surface area contributed by atoms with Gasteiger partial charge in [-0.3, -0.25) is 4.90 Å². The third-order valence-electron chi connectivity index (χ3n) is 4.38. The lowest BCUT2D eigenvalue weighted by Gasteiger charge is -2.43. The molecule has 2 N–H and O–H groups in total. The molecule has 0 radical (unpaired) electrons. The number of piperidine rings is 1. The molecule has 1 aromatic rings. The molecule has 0 amide bonds. The van der Waals surface area contributed by atoms with Crippen molar-refractivity contribution in [2.75, 3.05) is 13.1 Å². The summed E-state index contributed by atoms with van der Waals surface area (Å²) in [7, 11) is 0. The molecular formula is C15H22Cl2N2. The van der Waals surface area contributed by atoms with E-state index in [1.807, 2.05) is 18.2 Å². The Morgan fingerprint density at radius 2 is 1.95 bits per heavy atom. The van der Waals surface area contributed by atoms with Crippen molar-refractivity contribution in [3.05, 3.63) is 33.8 Å². The molecule has 2 rings (SSSR count). The van der Waals surface area contributed by atoms with Gasteiger partial charge in [-0.15, -0.1) is 0 Å². The van der Waals surface area contributed by atoms with Crippen molar-refractivity contribution < 1.29 is 0 Å². The Balaban J connectivity index is 2.34. The third kappa shape index (κ3) is 3.08. The summed E-state index contributed by atoms with van der Waals surface area (Å²) in [5.74, 6) is 0.684. The summed E-state index contributed by atoms with van der Waals surface area (Å²) in [5, 5.41) is 1.43. The maximum Gasteiger partial charge on any atom is 0.0502 e. The van der Waals surface area contributed by atoms with Gasteiger partial charge < -0.3 is 5.73 Å². The zero-order chi connectivity index (χ0) is 14.0. The lowest BCUT2D eigenvalue weighted by Crippen LogP contribution is -2.46. The van der Waals surface area contributed by atoms with E-state index in [1.165, 1.54) is 12.8 Å². The van der Waals surface area contributed by atoms with E-state index in [4.69, 9.17) is 28.9 Å². The average molecular weight is 301 g/mol. The molecule has 106 valence electrons. The Labute approximate surface area is 125 Å². The molecule has 3 unspecified atom stereocenters. The standard InChI is InChI=1S/C15H22Cl2N2/c1-10-5-4-8-19(11(10)2)14(9-18)15-12(16)6-3-7-13(15)17/h3,6-7,10-11,14H,4-5,8-9,18H2,1-2H3. The van der Waals surface area contributed by atoms with Gasteiger partial charge in [0, 0.05) is 28.2 Å². The number of halogens is 2. The predicted molar refractivity (Wildman–Crippen MR) is 82.8 cm³/mol. The first-order chi connectivity index (χ1) is 9.06. The van der Waals surface area contributed by atoms with Crippen LogP contribution in [-0.4, -0.2) is 24.0 Å². The second kappa shape index (κ2) is 6.45. The van der Waals surface area contributed by atoms with Gasteiger partial charge in [0.25, 0.3) is 0 Å². The van der Waals surface area contributed by atoms with Crippen molar-refractivity contribution in [2.24, 2.45) is 11.7 Å². The van der Waals surface area contributed by atoms with Crippen LogP contribution in [0.2, 0.25) is 10.0 Å². The maximum atomic E-state index is 6.34. The Morgan fingerprint density at radius 1 is 1.32 bits per heavy atom. The van der Waals surface area contributed by atoms with Crippen LogP contribution in [0, 0.1) is 5.92 Å². The summed E-state index contributed by atoms with van der Waals surface area (Å²) in [5.41, 5.74) is 7.00. The highest BCUT2D eigenvalue weighted by atomic mass is 35.5. The van der Waals surface area contributed by atoms with Crippen LogP contribution in [0.25, 0.3) is 0 Å². The molecule has 1 aromatic carbocycles. The molecule has 1 aliphatic rings. The number of hydrogen-bond acceptors (Lipinski definition) is 2. The highest BCUT2D eigenvalue weighted by Gasteiger charge is 2.32. The predicted octanol–water partition coefficient (Wildman–Crippen LogP) is 4.11. The van der Waals surface area contributed by atoms with Crippen LogP contribution in [-0.2, 0) is 0 Å². The van der Waals surface area contributed by atoms with Crippen LogP contribution in [0.4, 0.5) is 0 Å². The van der Waals surface area contributed by atoms with E-state index in [0.29, 0.717) is 28.5 Å². The van der Waals surface area contributed by atoms with Crippen LogP contribution in [0.15, 0.2) is 18.2 Å². The van der Waals surface area contributed by atoms with E-state index in [-0.39, 0.29) is 6.04 Å². The normalized spacial score (nSPS) is 26.4. The zero-order valence-corrected chi connectivity index (χ0v) is 13.1. The molecule has 0 spiro atoms. The van der Waals surface area contributed by atoms with Gasteiger partial charge in [-0.2, -0.15) is 0 Å². The monoisotopic (exact) mass is 300 g/mol. The number of nitrogens with two attached hydrogens (primary N) is 1. The van der Waals surface area contributed by atoms with Crippen LogP contribution >= 0.6 is 23.2 Å². The molecule has 1 aliphatic heterocycles. The summed E-state index contributed by atoms with van der Waals surface area (Å²) in [4.78, 5) is 2.46. The van der Waals surface area contributed by atoms with E-state index in [1.54, 1.807) is 0 Å². The molecule has 1 saturated heterocycles. The molecule has 2 nitrogen and oxygen atoms in total. The van der Waals surface area contributed by atoms with Crippen molar-refractivity contribution in [3.8, 4) is 0 Å². The third-order valence-corrected chi connectivity index (χ3v) is 5.04. The largest absolute Gasteiger partial charge is 0.329 e. The number of likely N-dealkylation sites (tertiary alicyclic amines) is 1. The van der Waals surface area contributed by atoms with Crippen LogP contribution in [0.3, 0.4) is 0 Å². The minimum Gasteiger partial charge on any atom is -0.329 e. The van der Waals surface area contributed by atoms with Crippen LogP contribution < -0.4 is 5.73 Å². The Morgan fingerprint density at radius 3 is 2.53 bits per heavy atom. The van der Waals surface area contributed by atoms with Gasteiger partial charge in [0.2, 0.25) is 0 Å². The first kappa shape index (κ1) is 15.1. The van der Waals surface area contributed by atoms with Gasteiger partial charge in [-0.05, 0) is 44.4 Å². The van der Waals surface area contributed by atoms with Crippen molar-refractivity contribution in [2.45, 2.75) is 38.8 Å². The second-order valence-corrected chi connectivity index (χ2v) is 6.30. The molecule has 0 aromatic heterocycles. The molecule has 1 fully saturated rings. The van der Waals surface area contributed by atoms with E-state index in [2.05, 4.69) is 18.7 Å². The highest BCUT2D eigenvalue weighted by Crippen LogP contribution is 2.37. The molecule has 0 saturated carbocycles. The fraction of sp³-hybridized carbons (Fsp3) is 0.600. The average Bonchev–Trinajstić information content (AvgIpc) is 2.38. The van der Waals surface area contributed by atoms with Gasteiger partial charge in [0.05, 0.1) is 6.04 Å². The van der Waals surface area contributed by atoms with Gasteiger partial charge in [0.1, 0.15) is 0 Å². The van der Waals surface area contributed by atoms with Gasteiger partial charge >= 0.3 is 0 Å². The van der Waals surface area contributed by atoms with E-state index >= 15 is 0 Å². The zero-order valence-electron chi connectivity index (χ0n) is 11.6. The molecule has 0 bridgehead atoms. The number of rotatable bonds is 3. The van der Waals surface area contributed by atoms with E-state index in [9.17, 15) is 0 Å². The fourth-order valence-corrected chi connectivity index (χ4v) is 3.70. The number of hydrogen-bond donors (Lipinski definition) is 1. The Kier molecular flexibility index (Phi) is 5.13. The van der Waals surface area contributed by atoms with Crippen molar-refractivity contribution in [1.29, 1.82) is 0 Å². The lowest BCUT2D eigenvalue weighted by atomic mass is 9.89. The van der Waals surface area contributed by atoms with E-state index in [0.717, 1.165) is 12.1 Å². The van der Waals surface area contributed by atoms with E-state index < -0.39 is 0 Å². The minimum atomic E-state index is 0.110. The minimum absolute atomic E-state index is 0.110. The Bertz CT molecular complexity index is 416. The molecule has 19 heavy (non-hydrogen) atoms. The smallest absolute Gasteiger partial charge is 0.0502 e. The highest BCUT2D eigenvalue weighted by molar-refractivity contribution is 6.36. The maximum absolute atomic E-state index is 6.34. The van der Waals surface area contributed by atoms with Gasteiger partial charge in [-0.25, -0.2) is 0 Å². The SMILES string of the molecule is CC1CCCN(C(CN)c2c(Cl)cccc2Cl)C1C. The van der Waals surface area contributed by atoms with Gasteiger partial charge in [-0.1, -0.05) is 36.2 Å². The molecule has 1 heterocycles. The summed E-state index contributed by atoms with van der Waals surface area (Å²) < 4.78 is 0. The summed E-state index contributed by atoms with van der Waals surface area (Å²) in [6.07, 6.45) is 2.50. The van der Waals surface area contributed by atoms with Gasteiger partial charge in [0.15, 0.2) is 0 Å². The molecule has 0 aliphatic carbocycles. The van der Waals surface area contributed by atoms with Crippen LogP contribution in [0.1, 0.15) is 38.3 Å². The number of nitrogens with zero attached hydrogens (tertiary/aromatic N) is 1. The molecule has 3 atom stereocenters. The first-order valence-electron chi connectivity index (χ1n) is 6.96. The van der Waals surface area contributed by atoms with Crippen molar-refractivity contribution >= 4 is 23.2 Å². The lowest BCUT2D eigenvalue weighted by molar-refractivity contribution is 0.0710. The first-order valence-corrected chi connectivity index (χ1v) is 7.71.